The second-order valence-corrected chi connectivity index (χ2v) is 5.55. The zero-order valence-corrected chi connectivity index (χ0v) is 12.3. The third-order valence-electron chi connectivity index (χ3n) is 2.48. The van der Waals surface area contributed by atoms with E-state index >= 15 is 0 Å². The first-order chi connectivity index (χ1) is 9.69. The molecule has 116 valence electrons. The fourth-order valence-corrected chi connectivity index (χ4v) is 1.62. The summed E-state index contributed by atoms with van der Waals surface area (Å²) in [5.41, 5.74) is -0.516. The number of halogens is 1. The summed E-state index contributed by atoms with van der Waals surface area (Å²) in [5, 5.41) is 13.5. The first-order valence-corrected chi connectivity index (χ1v) is 6.54. The van der Waals surface area contributed by atoms with Gasteiger partial charge in [-0.1, -0.05) is 0 Å². The standard InChI is InChI=1S/C14H19FN2O4/c1-14(2,3)21-13(18)6-7-16-9-10-8-11(17(19)20)4-5-12(10)15/h4-5,8,16H,6-7,9H2,1-3H3. The third-order valence-corrected chi connectivity index (χ3v) is 2.48. The van der Waals surface area contributed by atoms with Crippen LogP contribution in [0, 0.1) is 15.9 Å². The van der Waals surface area contributed by atoms with Crippen LogP contribution in [0.5, 0.6) is 0 Å². The lowest BCUT2D eigenvalue weighted by Crippen LogP contribution is -2.26. The average molecular weight is 298 g/mol. The molecule has 0 heterocycles. The van der Waals surface area contributed by atoms with Crippen molar-refractivity contribution in [3.63, 3.8) is 0 Å². The first-order valence-electron chi connectivity index (χ1n) is 6.54. The number of esters is 1. The third kappa shape index (κ3) is 6.31. The number of nitrogens with zero attached hydrogens (tertiary/aromatic N) is 1. The maximum atomic E-state index is 13.5. The minimum absolute atomic E-state index is 0.107. The SMILES string of the molecule is CC(C)(C)OC(=O)CCNCc1cc([N+](=O)[O-])ccc1F. The van der Waals surface area contributed by atoms with Crippen molar-refractivity contribution in [1.29, 1.82) is 0 Å². The maximum Gasteiger partial charge on any atom is 0.307 e. The second-order valence-electron chi connectivity index (χ2n) is 5.55. The van der Waals surface area contributed by atoms with E-state index in [1.54, 1.807) is 20.8 Å². The molecule has 0 aromatic heterocycles. The highest BCUT2D eigenvalue weighted by molar-refractivity contribution is 5.70. The van der Waals surface area contributed by atoms with Gasteiger partial charge in [-0.3, -0.25) is 14.9 Å². The number of nitro benzene ring substituents is 1. The smallest absolute Gasteiger partial charge is 0.307 e. The number of ether oxygens (including phenoxy) is 1. The Morgan fingerprint density at radius 3 is 2.67 bits per heavy atom. The molecule has 1 aromatic rings. The number of non-ortho nitro benzene ring substituents is 1. The van der Waals surface area contributed by atoms with Crippen LogP contribution < -0.4 is 5.32 Å². The molecule has 0 saturated carbocycles. The van der Waals surface area contributed by atoms with Crippen molar-refractivity contribution in [2.75, 3.05) is 6.54 Å². The monoisotopic (exact) mass is 298 g/mol. The molecule has 6 nitrogen and oxygen atoms in total. The van der Waals surface area contributed by atoms with Crippen LogP contribution in [0.25, 0.3) is 0 Å². The number of carbonyl (C=O) groups excluding carboxylic acids is 1. The molecule has 0 atom stereocenters. The molecule has 0 bridgehead atoms. The zero-order chi connectivity index (χ0) is 16.0. The van der Waals surface area contributed by atoms with Crippen LogP contribution in [0.15, 0.2) is 18.2 Å². The van der Waals surface area contributed by atoms with Gasteiger partial charge in [0.15, 0.2) is 0 Å². The van der Waals surface area contributed by atoms with Crippen LogP contribution in [0.3, 0.4) is 0 Å². The van der Waals surface area contributed by atoms with E-state index < -0.39 is 16.3 Å². The van der Waals surface area contributed by atoms with Gasteiger partial charge in [-0.2, -0.15) is 0 Å². The lowest BCUT2D eigenvalue weighted by atomic mass is 10.2. The van der Waals surface area contributed by atoms with Crippen molar-refractivity contribution >= 4 is 11.7 Å². The Labute approximate surface area is 122 Å². The van der Waals surface area contributed by atoms with E-state index in [9.17, 15) is 19.3 Å². The summed E-state index contributed by atoms with van der Waals surface area (Å²) < 4.78 is 18.6. The van der Waals surface area contributed by atoms with Gasteiger partial charge >= 0.3 is 5.97 Å². The minimum atomic E-state index is -0.580. The Balaban J connectivity index is 2.44. The van der Waals surface area contributed by atoms with Gasteiger partial charge in [-0.15, -0.1) is 0 Å². The molecule has 7 heteroatoms. The minimum Gasteiger partial charge on any atom is -0.460 e. The summed E-state index contributed by atoms with van der Waals surface area (Å²) >= 11 is 0. The normalized spacial score (nSPS) is 11.2. The van der Waals surface area contributed by atoms with Crippen molar-refractivity contribution in [1.82, 2.24) is 5.32 Å². The fourth-order valence-electron chi connectivity index (χ4n) is 1.62. The predicted octanol–water partition coefficient (Wildman–Crippen LogP) is 2.56. The molecule has 0 aliphatic carbocycles. The molecule has 0 spiro atoms. The van der Waals surface area contributed by atoms with Gasteiger partial charge in [0.05, 0.1) is 11.3 Å². The number of hydrogen-bond donors (Lipinski definition) is 1. The summed E-state index contributed by atoms with van der Waals surface area (Å²) in [6.07, 6.45) is 0.147. The van der Waals surface area contributed by atoms with E-state index in [1.165, 1.54) is 6.07 Å². The summed E-state index contributed by atoms with van der Waals surface area (Å²) in [7, 11) is 0. The van der Waals surface area contributed by atoms with Crippen molar-refractivity contribution in [3.8, 4) is 0 Å². The highest BCUT2D eigenvalue weighted by atomic mass is 19.1. The summed E-state index contributed by atoms with van der Waals surface area (Å²) in [6, 6.07) is 3.35. The number of carbonyl (C=O) groups is 1. The Kier molecular flexibility index (Phi) is 5.78. The Morgan fingerprint density at radius 2 is 2.10 bits per heavy atom. The number of nitro groups is 1. The average Bonchev–Trinajstić information content (AvgIpc) is 2.34. The summed E-state index contributed by atoms with van der Waals surface area (Å²) in [5.74, 6) is -0.875. The Hall–Kier alpha value is -2.02. The van der Waals surface area contributed by atoms with Crippen LogP contribution in [0.2, 0.25) is 0 Å². The van der Waals surface area contributed by atoms with Gasteiger partial charge < -0.3 is 10.1 Å². The second kappa shape index (κ2) is 7.12. The molecular weight excluding hydrogens is 279 g/mol. The van der Waals surface area contributed by atoms with Crippen LogP contribution in [0.1, 0.15) is 32.8 Å². The molecule has 0 saturated heterocycles. The van der Waals surface area contributed by atoms with E-state index in [4.69, 9.17) is 4.74 Å². The summed E-state index contributed by atoms with van der Waals surface area (Å²) in [6.45, 7) is 5.73. The highest BCUT2D eigenvalue weighted by Gasteiger charge is 2.16. The molecule has 21 heavy (non-hydrogen) atoms. The molecule has 0 fully saturated rings. The Bertz CT molecular complexity index is 526. The lowest BCUT2D eigenvalue weighted by molar-refractivity contribution is -0.385. The molecular formula is C14H19FN2O4. The van der Waals surface area contributed by atoms with Crippen LogP contribution in [-0.4, -0.2) is 23.0 Å². The van der Waals surface area contributed by atoms with Crippen LogP contribution in [0.4, 0.5) is 10.1 Å². The van der Waals surface area contributed by atoms with E-state index in [1.807, 2.05) is 0 Å². The van der Waals surface area contributed by atoms with Crippen molar-refractivity contribution < 1.29 is 18.8 Å². The Morgan fingerprint density at radius 1 is 1.43 bits per heavy atom. The van der Waals surface area contributed by atoms with Crippen molar-refractivity contribution in [2.45, 2.75) is 39.3 Å². The molecule has 1 aromatic carbocycles. The van der Waals surface area contributed by atoms with Crippen molar-refractivity contribution in [2.24, 2.45) is 0 Å². The van der Waals surface area contributed by atoms with Gasteiger partial charge in [0, 0.05) is 30.8 Å². The van der Waals surface area contributed by atoms with Gasteiger partial charge in [0.25, 0.3) is 5.69 Å². The number of rotatable bonds is 6. The van der Waals surface area contributed by atoms with E-state index in [0.717, 1.165) is 12.1 Å². The summed E-state index contributed by atoms with van der Waals surface area (Å²) in [4.78, 5) is 21.5. The molecule has 1 N–H and O–H groups in total. The molecule has 0 aliphatic heterocycles. The number of hydrogen-bond acceptors (Lipinski definition) is 5. The first kappa shape index (κ1) is 17.0. The van der Waals surface area contributed by atoms with Crippen molar-refractivity contribution in [3.05, 3.63) is 39.7 Å². The number of benzene rings is 1. The molecule has 0 aliphatic rings. The lowest BCUT2D eigenvalue weighted by Gasteiger charge is -2.19. The fraction of sp³-hybridized carbons (Fsp3) is 0.500. The molecule has 0 unspecified atom stereocenters. The van der Waals surface area contributed by atoms with Gasteiger partial charge in [-0.05, 0) is 26.8 Å². The topological polar surface area (TPSA) is 81.5 Å². The van der Waals surface area contributed by atoms with E-state index in [2.05, 4.69) is 5.32 Å². The van der Waals surface area contributed by atoms with Gasteiger partial charge in [-0.25, -0.2) is 4.39 Å². The van der Waals surface area contributed by atoms with Gasteiger partial charge in [0.1, 0.15) is 11.4 Å². The molecule has 0 radical (unpaired) electrons. The van der Waals surface area contributed by atoms with E-state index in [-0.39, 0.29) is 30.2 Å². The zero-order valence-electron chi connectivity index (χ0n) is 12.3. The van der Waals surface area contributed by atoms with Gasteiger partial charge in [0.2, 0.25) is 0 Å². The molecule has 1 rings (SSSR count). The molecule has 0 amide bonds. The van der Waals surface area contributed by atoms with E-state index in [0.29, 0.717) is 6.54 Å². The quantitative estimate of drug-likeness (QED) is 0.378. The van der Waals surface area contributed by atoms with Crippen LogP contribution >= 0.6 is 0 Å². The largest absolute Gasteiger partial charge is 0.460 e. The predicted molar refractivity (Wildman–Crippen MR) is 75.2 cm³/mol. The maximum absolute atomic E-state index is 13.5. The highest BCUT2D eigenvalue weighted by Crippen LogP contribution is 2.16. The number of nitrogens with one attached hydrogen (secondary N) is 1. The van der Waals surface area contributed by atoms with Crippen LogP contribution in [-0.2, 0) is 16.1 Å².